The number of hydrogen-bond acceptors (Lipinski definition) is 3. The zero-order chi connectivity index (χ0) is 11.0. The number of hydrogen-bond donors (Lipinski definition) is 1. The molecule has 5 nitrogen and oxygen atoms in total. The first-order valence-electron chi connectivity index (χ1n) is 4.83. The summed E-state index contributed by atoms with van der Waals surface area (Å²) in [4.78, 5) is 18.2. The van der Waals surface area contributed by atoms with Gasteiger partial charge in [0.15, 0.2) is 11.3 Å². The van der Waals surface area contributed by atoms with Gasteiger partial charge in [-0.15, -0.1) is 0 Å². The maximum atomic E-state index is 11.5. The predicted octanol–water partition coefficient (Wildman–Crippen LogP) is 1.08. The standard InChI is InChI=1S/C11H8N4O/c16-11-9-6-12-10(15(9)14-7-13-11)8-4-2-1-3-5-8/h1-7H,(H,13,14,16). The number of fused-ring (bicyclic) bond motifs is 1. The quantitative estimate of drug-likeness (QED) is 0.656. The minimum atomic E-state index is -0.190. The summed E-state index contributed by atoms with van der Waals surface area (Å²) in [5.74, 6) is 0.668. The van der Waals surface area contributed by atoms with Gasteiger partial charge in [0.25, 0.3) is 5.56 Å². The maximum absolute atomic E-state index is 11.5. The molecule has 0 aliphatic heterocycles. The molecule has 2 heterocycles. The second kappa shape index (κ2) is 3.30. The van der Waals surface area contributed by atoms with Gasteiger partial charge in [-0.05, 0) is 0 Å². The normalized spacial score (nSPS) is 10.8. The second-order valence-corrected chi connectivity index (χ2v) is 3.36. The Morgan fingerprint density at radius 3 is 2.81 bits per heavy atom. The van der Waals surface area contributed by atoms with Crippen LogP contribution in [0.3, 0.4) is 0 Å². The molecule has 5 heteroatoms. The van der Waals surface area contributed by atoms with Crippen molar-refractivity contribution in [1.82, 2.24) is 19.6 Å². The Morgan fingerprint density at radius 2 is 2.00 bits per heavy atom. The van der Waals surface area contributed by atoms with Crippen LogP contribution in [0, 0.1) is 0 Å². The van der Waals surface area contributed by atoms with Crippen molar-refractivity contribution in [3.05, 3.63) is 53.2 Å². The lowest BCUT2D eigenvalue weighted by molar-refractivity contribution is 0.887. The molecule has 0 bridgehead atoms. The molecule has 0 amide bonds. The number of rotatable bonds is 1. The third-order valence-corrected chi connectivity index (χ3v) is 2.37. The molecule has 0 saturated heterocycles. The highest BCUT2D eigenvalue weighted by molar-refractivity contribution is 5.60. The van der Waals surface area contributed by atoms with Crippen molar-refractivity contribution in [3.8, 4) is 11.4 Å². The van der Waals surface area contributed by atoms with E-state index in [0.29, 0.717) is 11.3 Å². The summed E-state index contributed by atoms with van der Waals surface area (Å²) in [7, 11) is 0. The van der Waals surface area contributed by atoms with Gasteiger partial charge in [-0.3, -0.25) is 4.79 Å². The Labute approximate surface area is 90.4 Å². The van der Waals surface area contributed by atoms with E-state index < -0.39 is 0 Å². The number of H-pyrrole nitrogens is 1. The van der Waals surface area contributed by atoms with Crippen LogP contribution in [0.2, 0.25) is 0 Å². The third-order valence-electron chi connectivity index (χ3n) is 2.37. The number of benzene rings is 1. The van der Waals surface area contributed by atoms with Crippen LogP contribution in [0.25, 0.3) is 16.9 Å². The summed E-state index contributed by atoms with van der Waals surface area (Å²) in [6.45, 7) is 0. The average Bonchev–Trinajstić information content (AvgIpc) is 2.75. The summed E-state index contributed by atoms with van der Waals surface area (Å²) in [5.41, 5.74) is 1.19. The van der Waals surface area contributed by atoms with E-state index in [9.17, 15) is 4.79 Å². The highest BCUT2D eigenvalue weighted by Crippen LogP contribution is 2.16. The zero-order valence-electron chi connectivity index (χ0n) is 8.29. The molecule has 3 aromatic rings. The van der Waals surface area contributed by atoms with Crippen LogP contribution in [-0.4, -0.2) is 19.6 Å². The van der Waals surface area contributed by atoms with Crippen molar-refractivity contribution in [2.75, 3.05) is 0 Å². The van der Waals surface area contributed by atoms with E-state index in [2.05, 4.69) is 15.1 Å². The van der Waals surface area contributed by atoms with Crippen molar-refractivity contribution < 1.29 is 0 Å². The summed E-state index contributed by atoms with van der Waals surface area (Å²) in [6.07, 6.45) is 2.89. The van der Waals surface area contributed by atoms with Gasteiger partial charge in [-0.25, -0.2) is 9.50 Å². The zero-order valence-corrected chi connectivity index (χ0v) is 8.29. The molecule has 3 rings (SSSR count). The molecule has 0 aliphatic rings. The van der Waals surface area contributed by atoms with E-state index in [1.807, 2.05) is 30.3 Å². The van der Waals surface area contributed by atoms with Gasteiger partial charge >= 0.3 is 0 Å². The van der Waals surface area contributed by atoms with E-state index in [0.717, 1.165) is 5.56 Å². The summed E-state index contributed by atoms with van der Waals surface area (Å²) in [5, 5.41) is 4.08. The van der Waals surface area contributed by atoms with Gasteiger partial charge in [0.2, 0.25) is 0 Å². The molecule has 1 N–H and O–H groups in total. The maximum Gasteiger partial charge on any atom is 0.276 e. The largest absolute Gasteiger partial charge is 0.310 e. The highest BCUT2D eigenvalue weighted by atomic mass is 16.1. The van der Waals surface area contributed by atoms with Crippen molar-refractivity contribution >= 4 is 5.52 Å². The van der Waals surface area contributed by atoms with Crippen molar-refractivity contribution in [1.29, 1.82) is 0 Å². The Kier molecular flexibility index (Phi) is 1.83. The van der Waals surface area contributed by atoms with Crippen LogP contribution in [0.15, 0.2) is 47.7 Å². The molecule has 78 valence electrons. The topological polar surface area (TPSA) is 63.0 Å². The van der Waals surface area contributed by atoms with E-state index in [1.165, 1.54) is 17.0 Å². The fourth-order valence-electron chi connectivity index (χ4n) is 1.62. The van der Waals surface area contributed by atoms with Crippen molar-refractivity contribution in [3.63, 3.8) is 0 Å². The molecular formula is C11H8N4O. The van der Waals surface area contributed by atoms with E-state index in [1.54, 1.807) is 0 Å². The average molecular weight is 212 g/mol. The minimum absolute atomic E-state index is 0.190. The fourth-order valence-corrected chi connectivity index (χ4v) is 1.62. The number of imidazole rings is 1. The smallest absolute Gasteiger partial charge is 0.276 e. The molecule has 0 atom stereocenters. The number of nitrogens with zero attached hydrogens (tertiary/aromatic N) is 3. The molecule has 0 radical (unpaired) electrons. The highest BCUT2D eigenvalue weighted by Gasteiger charge is 2.08. The summed E-state index contributed by atoms with van der Waals surface area (Å²) < 4.78 is 1.54. The lowest BCUT2D eigenvalue weighted by atomic mass is 10.2. The molecule has 0 aliphatic carbocycles. The lowest BCUT2D eigenvalue weighted by Crippen LogP contribution is -2.10. The van der Waals surface area contributed by atoms with Crippen LogP contribution in [-0.2, 0) is 0 Å². The van der Waals surface area contributed by atoms with Gasteiger partial charge in [0.05, 0.1) is 6.20 Å². The third kappa shape index (κ3) is 1.22. The van der Waals surface area contributed by atoms with Gasteiger partial charge in [0, 0.05) is 5.56 Å². The first-order chi connectivity index (χ1) is 7.86. The van der Waals surface area contributed by atoms with Crippen LogP contribution >= 0.6 is 0 Å². The van der Waals surface area contributed by atoms with Crippen LogP contribution in [0.5, 0.6) is 0 Å². The van der Waals surface area contributed by atoms with Gasteiger partial charge in [0.1, 0.15) is 6.33 Å². The van der Waals surface area contributed by atoms with Crippen molar-refractivity contribution in [2.24, 2.45) is 0 Å². The monoisotopic (exact) mass is 212 g/mol. The SMILES string of the molecule is O=c1[nH]cnn2c(-c3ccccc3)ncc12. The Bertz CT molecular complexity index is 684. The van der Waals surface area contributed by atoms with Gasteiger partial charge < -0.3 is 4.98 Å². The van der Waals surface area contributed by atoms with E-state index in [4.69, 9.17) is 0 Å². The number of aromatic amines is 1. The predicted molar refractivity (Wildman–Crippen MR) is 59.0 cm³/mol. The van der Waals surface area contributed by atoms with E-state index in [-0.39, 0.29) is 5.56 Å². The second-order valence-electron chi connectivity index (χ2n) is 3.36. The van der Waals surface area contributed by atoms with Crippen LogP contribution < -0.4 is 5.56 Å². The molecule has 0 fully saturated rings. The molecular weight excluding hydrogens is 204 g/mol. The lowest BCUT2D eigenvalue weighted by Gasteiger charge is -1.98. The Hall–Kier alpha value is -2.43. The number of aromatic nitrogens is 4. The molecule has 16 heavy (non-hydrogen) atoms. The Morgan fingerprint density at radius 1 is 1.19 bits per heavy atom. The molecule has 0 unspecified atom stereocenters. The van der Waals surface area contributed by atoms with Crippen LogP contribution in [0.4, 0.5) is 0 Å². The van der Waals surface area contributed by atoms with Crippen LogP contribution in [0.1, 0.15) is 0 Å². The van der Waals surface area contributed by atoms with E-state index >= 15 is 0 Å². The van der Waals surface area contributed by atoms with Crippen molar-refractivity contribution in [2.45, 2.75) is 0 Å². The molecule has 1 aromatic carbocycles. The van der Waals surface area contributed by atoms with Gasteiger partial charge in [-0.1, -0.05) is 30.3 Å². The first kappa shape index (κ1) is 8.84. The Balaban J connectivity index is 2.34. The molecule has 0 saturated carbocycles. The summed E-state index contributed by atoms with van der Waals surface area (Å²) >= 11 is 0. The number of nitrogens with one attached hydrogen (secondary N) is 1. The molecule has 2 aromatic heterocycles. The first-order valence-corrected chi connectivity index (χ1v) is 4.83. The van der Waals surface area contributed by atoms with Gasteiger partial charge in [-0.2, -0.15) is 5.10 Å². The minimum Gasteiger partial charge on any atom is -0.310 e. The summed E-state index contributed by atoms with van der Waals surface area (Å²) in [6, 6.07) is 9.63. The molecule has 0 spiro atoms. The fraction of sp³-hybridized carbons (Fsp3) is 0.